The van der Waals surface area contributed by atoms with Gasteiger partial charge in [0.2, 0.25) is 0 Å². The van der Waals surface area contributed by atoms with Gasteiger partial charge in [-0.15, -0.1) is 0 Å². The lowest BCUT2D eigenvalue weighted by Crippen LogP contribution is -2.32. The van der Waals surface area contributed by atoms with Gasteiger partial charge < -0.3 is 13.9 Å². The summed E-state index contributed by atoms with van der Waals surface area (Å²) in [5, 5.41) is 4.12. The number of nitrogens with zero attached hydrogens (tertiary/aromatic N) is 6. The number of para-hydroxylation sites is 4. The Bertz CT molecular complexity index is 3940. The highest BCUT2D eigenvalue weighted by Gasteiger charge is 2.53. The molecule has 1 aliphatic heterocycles. The molecule has 0 saturated heterocycles. The zero-order valence-corrected chi connectivity index (χ0v) is 36.2. The highest BCUT2D eigenvalue weighted by atomic mass is 16.5. The Kier molecular flexibility index (Phi) is 7.90. The molecule has 2 aliphatic rings. The molecule has 1 aliphatic carbocycles. The molecule has 0 saturated carbocycles. The second kappa shape index (κ2) is 14.2. The molecule has 4 aromatic heterocycles. The summed E-state index contributed by atoms with van der Waals surface area (Å²) in [6.45, 7) is 15.8. The molecule has 12 aromatic rings. The number of benzene rings is 8. The molecule has 0 N–H and O–H groups in total. The van der Waals surface area contributed by atoms with E-state index in [1.807, 2.05) is 60.9 Å². The van der Waals surface area contributed by atoms with Crippen LogP contribution in [0.1, 0.15) is 22.3 Å². The van der Waals surface area contributed by atoms with Crippen LogP contribution in [-0.2, 0) is 5.41 Å². The van der Waals surface area contributed by atoms with Crippen LogP contribution in [0.25, 0.3) is 98.3 Å². The number of rotatable bonds is 4. The van der Waals surface area contributed by atoms with Gasteiger partial charge in [-0.1, -0.05) is 109 Å². The molecule has 0 fully saturated rings. The Hall–Kier alpha value is -9.56. The zero-order chi connectivity index (χ0) is 45.1. The number of ether oxygens (including phenoxy) is 1. The highest BCUT2D eigenvalue weighted by molar-refractivity contribution is 6.13. The van der Waals surface area contributed by atoms with Crippen LogP contribution >= 0.6 is 0 Å². The summed E-state index contributed by atoms with van der Waals surface area (Å²) in [5.74, 6) is 1.52. The largest absolute Gasteiger partial charge is 0.455 e. The fourth-order valence-corrected chi connectivity index (χ4v) is 11.3. The molecule has 0 radical (unpaired) electrons. The molecule has 7 heteroatoms. The van der Waals surface area contributed by atoms with Crippen LogP contribution in [0.4, 0.5) is 11.4 Å². The third-order valence-electron chi connectivity index (χ3n) is 14.1. The molecule has 0 amide bonds. The van der Waals surface area contributed by atoms with E-state index < -0.39 is 5.41 Å². The minimum Gasteiger partial charge on any atom is -0.455 e. The van der Waals surface area contributed by atoms with Crippen LogP contribution in [0, 0.1) is 13.1 Å². The number of aromatic nitrogens is 4. The topological polar surface area (TPSA) is 53.6 Å². The summed E-state index contributed by atoms with van der Waals surface area (Å²) < 4.78 is 12.1. The first kappa shape index (κ1) is 37.8. The Balaban J connectivity index is 1.04. The van der Waals surface area contributed by atoms with E-state index >= 15 is 0 Å². The summed E-state index contributed by atoms with van der Waals surface area (Å²) >= 11 is 0. The van der Waals surface area contributed by atoms with Gasteiger partial charge in [-0.3, -0.25) is 9.97 Å². The van der Waals surface area contributed by atoms with Gasteiger partial charge in [0.05, 0.1) is 52.0 Å². The van der Waals surface area contributed by atoms with Crippen molar-refractivity contribution in [3.63, 3.8) is 0 Å². The summed E-state index contributed by atoms with van der Waals surface area (Å²) in [6.07, 6.45) is 3.71. The average molecular weight is 867 g/mol. The Morgan fingerprint density at radius 2 is 0.809 bits per heavy atom. The molecule has 0 unspecified atom stereocenters. The van der Waals surface area contributed by atoms with Crippen molar-refractivity contribution in [1.82, 2.24) is 19.1 Å². The second-order valence-electron chi connectivity index (χ2n) is 17.4. The van der Waals surface area contributed by atoms with Crippen molar-refractivity contribution in [2.75, 3.05) is 0 Å². The van der Waals surface area contributed by atoms with Crippen LogP contribution in [0.2, 0.25) is 0 Å². The molecule has 314 valence electrons. The summed E-state index contributed by atoms with van der Waals surface area (Å²) in [7, 11) is 0. The van der Waals surface area contributed by atoms with Crippen molar-refractivity contribution in [3.8, 4) is 56.5 Å². The molecule has 8 aromatic carbocycles. The van der Waals surface area contributed by atoms with E-state index in [0.717, 1.165) is 122 Å². The van der Waals surface area contributed by atoms with Gasteiger partial charge in [0, 0.05) is 56.8 Å². The minimum atomic E-state index is -0.821. The van der Waals surface area contributed by atoms with Gasteiger partial charge in [-0.2, -0.15) is 0 Å². The molecular formula is C61H34N6O. The molecule has 0 bridgehead atoms. The third kappa shape index (κ3) is 5.10. The minimum absolute atomic E-state index is 0.594. The summed E-state index contributed by atoms with van der Waals surface area (Å²) in [6, 6.07) is 67.4. The van der Waals surface area contributed by atoms with Crippen molar-refractivity contribution in [1.29, 1.82) is 0 Å². The van der Waals surface area contributed by atoms with Crippen LogP contribution < -0.4 is 4.74 Å². The lowest BCUT2D eigenvalue weighted by Gasteiger charge is -2.40. The fourth-order valence-electron chi connectivity index (χ4n) is 11.3. The number of hydrogen-bond acceptors (Lipinski definition) is 3. The predicted octanol–water partition coefficient (Wildman–Crippen LogP) is 15.6. The van der Waals surface area contributed by atoms with Gasteiger partial charge in [0.25, 0.3) is 0 Å². The van der Waals surface area contributed by atoms with Crippen LogP contribution in [0.5, 0.6) is 11.5 Å². The van der Waals surface area contributed by atoms with E-state index in [2.05, 4.69) is 164 Å². The second-order valence-corrected chi connectivity index (χ2v) is 17.4. The average Bonchev–Trinajstić information content (AvgIpc) is 4.02. The van der Waals surface area contributed by atoms with Gasteiger partial charge in [-0.05, 0) is 118 Å². The molecule has 68 heavy (non-hydrogen) atoms. The smallest absolute Gasteiger partial charge is 0.188 e. The molecule has 7 nitrogen and oxygen atoms in total. The van der Waals surface area contributed by atoms with Gasteiger partial charge >= 0.3 is 0 Å². The fraction of sp³-hybridized carbons (Fsp3) is 0.0164. The van der Waals surface area contributed by atoms with E-state index in [1.165, 1.54) is 0 Å². The maximum Gasteiger partial charge on any atom is 0.188 e. The SMILES string of the molecule is [C-]#[N+]c1ccc2c(c1)c1cc(-c3cccc4c3Oc3c(-c5ccc6c(c5)c5cc([N+]#[C-])ccc5n6-c5ccccc5)cccc3C43c4cccnc4-c4ncccc43)ccc1n2-c1ccccc1. The normalized spacial score (nSPS) is 12.9. The summed E-state index contributed by atoms with van der Waals surface area (Å²) in [5.41, 5.74) is 16.4. The maximum absolute atomic E-state index is 7.91. The van der Waals surface area contributed by atoms with Crippen LogP contribution in [0.15, 0.2) is 207 Å². The molecular weight excluding hydrogens is 833 g/mol. The molecule has 14 rings (SSSR count). The van der Waals surface area contributed by atoms with E-state index in [4.69, 9.17) is 27.8 Å². The van der Waals surface area contributed by atoms with E-state index in [-0.39, 0.29) is 0 Å². The number of fused-ring (bicyclic) bond motifs is 15. The third-order valence-corrected chi connectivity index (χ3v) is 14.1. The van der Waals surface area contributed by atoms with Crippen molar-refractivity contribution in [2.24, 2.45) is 0 Å². The Morgan fingerprint density at radius 1 is 0.397 bits per heavy atom. The zero-order valence-electron chi connectivity index (χ0n) is 36.2. The van der Waals surface area contributed by atoms with Crippen molar-refractivity contribution in [2.45, 2.75) is 5.41 Å². The number of hydrogen-bond donors (Lipinski definition) is 0. The van der Waals surface area contributed by atoms with E-state index in [1.54, 1.807) is 0 Å². The van der Waals surface area contributed by atoms with Gasteiger partial charge in [0.1, 0.15) is 11.5 Å². The first-order valence-corrected chi connectivity index (χ1v) is 22.5. The molecule has 5 heterocycles. The Morgan fingerprint density at radius 3 is 1.25 bits per heavy atom. The first-order valence-electron chi connectivity index (χ1n) is 22.5. The van der Waals surface area contributed by atoms with Gasteiger partial charge in [0.15, 0.2) is 11.4 Å². The van der Waals surface area contributed by atoms with E-state index in [9.17, 15) is 0 Å². The van der Waals surface area contributed by atoms with Crippen molar-refractivity contribution >= 4 is 55.0 Å². The first-order chi connectivity index (χ1) is 33.6. The van der Waals surface area contributed by atoms with Crippen LogP contribution in [-0.4, -0.2) is 19.1 Å². The Labute approximate surface area is 390 Å². The lowest BCUT2D eigenvalue weighted by molar-refractivity contribution is 0.439. The van der Waals surface area contributed by atoms with E-state index in [0.29, 0.717) is 11.4 Å². The number of pyridine rings is 2. The maximum atomic E-state index is 7.91. The molecule has 1 spiro atoms. The van der Waals surface area contributed by atoms with Gasteiger partial charge in [-0.25, -0.2) is 9.69 Å². The highest BCUT2D eigenvalue weighted by Crippen LogP contribution is 2.64. The van der Waals surface area contributed by atoms with Crippen molar-refractivity contribution in [3.05, 3.63) is 252 Å². The molecule has 0 atom stereocenters. The summed E-state index contributed by atoms with van der Waals surface area (Å²) in [4.78, 5) is 17.7. The standard InChI is InChI=1S/C61H34N6O/c1-62-39-25-29-55-47(35-39)45-33-37(23-27-53(45)66(55)41-13-5-3-6-14-41)43-17-9-19-51-59(43)68-60-44(18-10-20-52(60)61(51)49-21-11-31-64-57(49)58-50(61)22-12-32-65-58)38-24-28-54-46(34-38)48-36-40(63-2)26-30-56(48)67(54)42-15-7-4-8-16-42/h3-36H. The van der Waals surface area contributed by atoms with Crippen LogP contribution in [0.3, 0.4) is 0 Å². The predicted molar refractivity (Wildman–Crippen MR) is 271 cm³/mol. The van der Waals surface area contributed by atoms with Crippen molar-refractivity contribution < 1.29 is 4.74 Å². The quantitative estimate of drug-likeness (QED) is 0.166. The monoisotopic (exact) mass is 866 g/mol. The lowest BCUT2D eigenvalue weighted by atomic mass is 9.65.